The minimum absolute atomic E-state index is 0.0769. The van der Waals surface area contributed by atoms with Gasteiger partial charge < -0.3 is 10.2 Å². The minimum Gasteiger partial charge on any atom is -0.378 e. The average molecular weight is 367 g/mol. The lowest BCUT2D eigenvalue weighted by atomic mass is 10.2. The molecule has 26 heavy (non-hydrogen) atoms. The van der Waals surface area contributed by atoms with Crippen molar-refractivity contribution in [1.29, 1.82) is 0 Å². The Morgan fingerprint density at radius 3 is 2.58 bits per heavy atom. The molecule has 1 N–H and O–H groups in total. The fraction of sp³-hybridized carbons (Fsp3) is 0.211. The second kappa shape index (κ2) is 8.05. The Balaban J connectivity index is 1.62. The van der Waals surface area contributed by atoms with E-state index in [2.05, 4.69) is 15.5 Å². The highest BCUT2D eigenvalue weighted by atomic mass is 32.2. The molecule has 3 rings (SSSR count). The summed E-state index contributed by atoms with van der Waals surface area (Å²) in [6.07, 6.45) is 1.67. The summed E-state index contributed by atoms with van der Waals surface area (Å²) in [5.41, 5.74) is 4.00. The highest BCUT2D eigenvalue weighted by Crippen LogP contribution is 2.22. The van der Waals surface area contributed by atoms with Gasteiger partial charge in [-0.15, -0.1) is 10.2 Å². The van der Waals surface area contributed by atoms with Gasteiger partial charge in [-0.2, -0.15) is 0 Å². The third-order valence-corrected chi connectivity index (χ3v) is 4.83. The minimum atomic E-state index is -0.0769. The molecule has 134 valence electrons. The number of nitrogens with zero attached hydrogens (tertiary/aromatic N) is 4. The largest absolute Gasteiger partial charge is 0.378 e. The number of benzene rings is 2. The number of hydrogen-bond acceptors (Lipinski definition) is 5. The zero-order valence-electron chi connectivity index (χ0n) is 15.0. The first-order valence-corrected chi connectivity index (χ1v) is 9.19. The van der Waals surface area contributed by atoms with E-state index in [0.29, 0.717) is 5.16 Å². The molecule has 0 atom stereocenters. The zero-order chi connectivity index (χ0) is 18.5. The number of anilines is 2. The van der Waals surface area contributed by atoms with Gasteiger partial charge in [0.15, 0.2) is 5.16 Å². The number of rotatable bonds is 6. The van der Waals surface area contributed by atoms with Crippen LogP contribution in [0.1, 0.15) is 5.56 Å². The van der Waals surface area contributed by atoms with Gasteiger partial charge in [0.05, 0.1) is 11.4 Å². The highest BCUT2D eigenvalue weighted by Gasteiger charge is 2.11. The maximum absolute atomic E-state index is 12.2. The van der Waals surface area contributed by atoms with Gasteiger partial charge in [0.2, 0.25) is 5.91 Å². The molecule has 2 aromatic carbocycles. The number of carbonyl (C=O) groups is 1. The van der Waals surface area contributed by atoms with E-state index in [1.54, 1.807) is 6.33 Å². The first kappa shape index (κ1) is 18.0. The summed E-state index contributed by atoms with van der Waals surface area (Å²) in [5.74, 6) is 0.187. The van der Waals surface area contributed by atoms with Crippen LogP contribution in [0, 0.1) is 6.92 Å². The quantitative estimate of drug-likeness (QED) is 0.677. The molecule has 1 aromatic heterocycles. The second-order valence-electron chi connectivity index (χ2n) is 6.05. The van der Waals surface area contributed by atoms with Crippen LogP contribution in [0.2, 0.25) is 0 Å². The third kappa shape index (κ3) is 4.23. The Bertz CT molecular complexity index is 889. The summed E-state index contributed by atoms with van der Waals surface area (Å²) in [7, 11) is 3.96. The van der Waals surface area contributed by atoms with Gasteiger partial charge in [-0.05, 0) is 42.8 Å². The monoisotopic (exact) mass is 367 g/mol. The summed E-state index contributed by atoms with van der Waals surface area (Å²) in [4.78, 5) is 14.3. The summed E-state index contributed by atoms with van der Waals surface area (Å²) in [6, 6.07) is 15.7. The van der Waals surface area contributed by atoms with Crippen LogP contribution in [0.3, 0.4) is 0 Å². The molecule has 0 saturated carbocycles. The van der Waals surface area contributed by atoms with E-state index in [1.165, 1.54) is 11.8 Å². The fourth-order valence-corrected chi connectivity index (χ4v) is 3.21. The summed E-state index contributed by atoms with van der Waals surface area (Å²) in [5, 5.41) is 11.7. The normalized spacial score (nSPS) is 10.6. The van der Waals surface area contributed by atoms with Crippen molar-refractivity contribution in [1.82, 2.24) is 14.8 Å². The lowest BCUT2D eigenvalue weighted by Crippen LogP contribution is -2.15. The molecule has 0 saturated heterocycles. The van der Waals surface area contributed by atoms with Crippen LogP contribution >= 0.6 is 11.8 Å². The Hall–Kier alpha value is -2.80. The average Bonchev–Trinajstić information content (AvgIpc) is 3.09. The van der Waals surface area contributed by atoms with E-state index in [9.17, 15) is 4.79 Å². The van der Waals surface area contributed by atoms with Crippen LogP contribution in [0.5, 0.6) is 0 Å². The van der Waals surface area contributed by atoms with Crippen LogP contribution in [0.25, 0.3) is 5.69 Å². The van der Waals surface area contributed by atoms with E-state index in [1.807, 2.05) is 79.0 Å². The highest BCUT2D eigenvalue weighted by molar-refractivity contribution is 7.99. The molecule has 0 bridgehead atoms. The van der Waals surface area contributed by atoms with E-state index in [-0.39, 0.29) is 11.7 Å². The van der Waals surface area contributed by atoms with E-state index < -0.39 is 0 Å². The van der Waals surface area contributed by atoms with Gasteiger partial charge in [0.1, 0.15) is 6.33 Å². The van der Waals surface area contributed by atoms with Crippen molar-refractivity contribution in [3.8, 4) is 5.69 Å². The summed E-state index contributed by atoms with van der Waals surface area (Å²) in [6.45, 7) is 2.04. The number of aryl methyl sites for hydroxylation is 1. The number of nitrogens with one attached hydrogen (secondary N) is 1. The first-order chi connectivity index (χ1) is 12.5. The van der Waals surface area contributed by atoms with Crippen LogP contribution in [0.4, 0.5) is 11.4 Å². The van der Waals surface area contributed by atoms with E-state index in [0.717, 1.165) is 22.6 Å². The first-order valence-electron chi connectivity index (χ1n) is 8.20. The number of thioether (sulfide) groups is 1. The van der Waals surface area contributed by atoms with Crippen LogP contribution in [-0.2, 0) is 4.79 Å². The van der Waals surface area contributed by atoms with Gasteiger partial charge in [0.25, 0.3) is 0 Å². The van der Waals surface area contributed by atoms with Crippen LogP contribution in [0.15, 0.2) is 60.0 Å². The number of aromatic nitrogens is 3. The lowest BCUT2D eigenvalue weighted by molar-refractivity contribution is -0.113. The molecule has 6 nitrogen and oxygen atoms in total. The number of para-hydroxylation sites is 1. The van der Waals surface area contributed by atoms with Crippen LogP contribution in [-0.4, -0.2) is 40.5 Å². The number of carbonyl (C=O) groups excluding carboxylic acids is 1. The molecule has 3 aromatic rings. The van der Waals surface area contributed by atoms with Crippen molar-refractivity contribution in [2.24, 2.45) is 0 Å². The van der Waals surface area contributed by atoms with Gasteiger partial charge >= 0.3 is 0 Å². The molecule has 0 fully saturated rings. The van der Waals surface area contributed by atoms with Crippen molar-refractivity contribution < 1.29 is 4.79 Å². The maximum Gasteiger partial charge on any atom is 0.234 e. The van der Waals surface area contributed by atoms with Crippen molar-refractivity contribution >= 4 is 29.0 Å². The smallest absolute Gasteiger partial charge is 0.234 e. The molecule has 1 amide bonds. The predicted molar refractivity (Wildman–Crippen MR) is 106 cm³/mol. The van der Waals surface area contributed by atoms with Crippen molar-refractivity contribution in [2.75, 3.05) is 30.1 Å². The molecule has 7 heteroatoms. The number of amides is 1. The van der Waals surface area contributed by atoms with Crippen molar-refractivity contribution in [3.05, 3.63) is 60.4 Å². The van der Waals surface area contributed by atoms with E-state index in [4.69, 9.17) is 0 Å². The zero-order valence-corrected chi connectivity index (χ0v) is 15.8. The summed E-state index contributed by atoms with van der Waals surface area (Å²) < 4.78 is 1.90. The SMILES string of the molecule is Cc1ccccc1-n1cnnc1SCC(=O)Nc1ccc(N(C)C)cc1. The second-order valence-corrected chi connectivity index (χ2v) is 6.99. The molecule has 1 heterocycles. The number of hydrogen-bond donors (Lipinski definition) is 1. The fourth-order valence-electron chi connectivity index (χ4n) is 2.49. The Morgan fingerprint density at radius 1 is 1.15 bits per heavy atom. The van der Waals surface area contributed by atoms with E-state index >= 15 is 0 Å². The molecule has 0 aliphatic heterocycles. The summed E-state index contributed by atoms with van der Waals surface area (Å²) >= 11 is 1.36. The standard InChI is InChI=1S/C19H21N5OS/c1-14-6-4-5-7-17(14)24-13-20-22-19(24)26-12-18(25)21-15-8-10-16(11-9-15)23(2)3/h4-11,13H,12H2,1-3H3,(H,21,25). The Labute approximate surface area is 157 Å². The Kier molecular flexibility index (Phi) is 5.58. The molecular weight excluding hydrogens is 346 g/mol. The maximum atomic E-state index is 12.2. The molecule has 0 unspecified atom stereocenters. The van der Waals surface area contributed by atoms with Crippen molar-refractivity contribution in [2.45, 2.75) is 12.1 Å². The molecule has 0 aliphatic carbocycles. The van der Waals surface area contributed by atoms with Gasteiger partial charge in [-0.3, -0.25) is 9.36 Å². The lowest BCUT2D eigenvalue weighted by Gasteiger charge is -2.13. The Morgan fingerprint density at radius 2 is 1.88 bits per heavy atom. The van der Waals surface area contributed by atoms with Gasteiger partial charge in [0, 0.05) is 25.5 Å². The van der Waals surface area contributed by atoms with Crippen molar-refractivity contribution in [3.63, 3.8) is 0 Å². The third-order valence-electron chi connectivity index (χ3n) is 3.89. The predicted octanol–water partition coefficient (Wildman–Crippen LogP) is 3.37. The molecule has 0 spiro atoms. The molecule has 0 aliphatic rings. The van der Waals surface area contributed by atoms with Crippen LogP contribution < -0.4 is 10.2 Å². The molecular formula is C19H21N5OS. The topological polar surface area (TPSA) is 63.1 Å². The van der Waals surface area contributed by atoms with Gasteiger partial charge in [-0.25, -0.2) is 0 Å². The molecule has 0 radical (unpaired) electrons. The van der Waals surface area contributed by atoms with Gasteiger partial charge in [-0.1, -0.05) is 30.0 Å².